The highest BCUT2D eigenvalue weighted by Gasteiger charge is 2.19. The Kier molecular flexibility index (Phi) is 1.31. The fourth-order valence-corrected chi connectivity index (χ4v) is 1.56. The van der Waals surface area contributed by atoms with Gasteiger partial charge in [0.1, 0.15) is 0 Å². The van der Waals surface area contributed by atoms with Gasteiger partial charge in [0.25, 0.3) is 0 Å². The van der Waals surface area contributed by atoms with Gasteiger partial charge in [-0.3, -0.25) is 0 Å². The molecule has 0 aliphatic heterocycles. The molecule has 0 spiro atoms. The Hall–Kier alpha value is -1.12. The third-order valence-electron chi connectivity index (χ3n) is 2.26. The number of hydrogen-bond acceptors (Lipinski definition) is 3. The Morgan fingerprint density at radius 2 is 2.45 bits per heavy atom. The highest BCUT2D eigenvalue weighted by molar-refractivity contribution is 5.31. The van der Waals surface area contributed by atoms with Crippen molar-refractivity contribution in [1.29, 1.82) is 0 Å². The number of rotatable bonds is 0. The maximum absolute atomic E-state index is 5.45. The van der Waals surface area contributed by atoms with Gasteiger partial charge in [-0.2, -0.15) is 0 Å². The molecule has 1 aliphatic rings. The predicted molar refractivity (Wildman–Crippen MR) is 43.2 cm³/mol. The van der Waals surface area contributed by atoms with Crippen molar-refractivity contribution in [3.8, 4) is 0 Å². The molecule has 58 valence electrons. The molecule has 0 bridgehead atoms. The van der Waals surface area contributed by atoms with Gasteiger partial charge in [-0.25, -0.2) is 9.97 Å². The van der Waals surface area contributed by atoms with Gasteiger partial charge in [-0.05, 0) is 24.3 Å². The molecule has 1 heterocycles. The van der Waals surface area contributed by atoms with Crippen molar-refractivity contribution >= 4 is 5.95 Å². The van der Waals surface area contributed by atoms with Gasteiger partial charge in [-0.15, -0.1) is 0 Å². The van der Waals surface area contributed by atoms with Crippen LogP contribution in [-0.2, 0) is 6.42 Å². The van der Waals surface area contributed by atoms with Crippen LogP contribution in [0.25, 0.3) is 0 Å². The number of fused-ring (bicyclic) bond motifs is 1. The second-order valence-electron chi connectivity index (χ2n) is 3.07. The van der Waals surface area contributed by atoms with E-state index in [4.69, 9.17) is 5.73 Å². The fourth-order valence-electron chi connectivity index (χ4n) is 1.56. The molecule has 0 amide bonds. The van der Waals surface area contributed by atoms with Gasteiger partial charge in [-0.1, -0.05) is 6.92 Å². The topological polar surface area (TPSA) is 51.8 Å². The van der Waals surface area contributed by atoms with Gasteiger partial charge in [0, 0.05) is 11.9 Å². The van der Waals surface area contributed by atoms with E-state index in [0.717, 1.165) is 12.1 Å². The molecule has 1 atom stereocenters. The maximum Gasteiger partial charge on any atom is 0.220 e. The molecule has 0 aromatic carbocycles. The Labute approximate surface area is 65.7 Å². The molecule has 3 nitrogen and oxygen atoms in total. The van der Waals surface area contributed by atoms with E-state index < -0.39 is 0 Å². The summed E-state index contributed by atoms with van der Waals surface area (Å²) >= 11 is 0. The van der Waals surface area contributed by atoms with Crippen LogP contribution in [0.3, 0.4) is 0 Å². The summed E-state index contributed by atoms with van der Waals surface area (Å²) in [4.78, 5) is 8.14. The lowest BCUT2D eigenvalue weighted by Crippen LogP contribution is -1.98. The van der Waals surface area contributed by atoms with Crippen LogP contribution in [0.5, 0.6) is 0 Å². The number of anilines is 1. The second-order valence-corrected chi connectivity index (χ2v) is 3.07. The molecule has 1 unspecified atom stereocenters. The molecule has 0 saturated heterocycles. The van der Waals surface area contributed by atoms with Crippen LogP contribution in [0.4, 0.5) is 5.95 Å². The van der Waals surface area contributed by atoms with Crippen molar-refractivity contribution in [3.63, 3.8) is 0 Å². The molecule has 0 radical (unpaired) electrons. The third kappa shape index (κ3) is 0.964. The summed E-state index contributed by atoms with van der Waals surface area (Å²) in [5, 5.41) is 0. The molecule has 2 N–H and O–H groups in total. The van der Waals surface area contributed by atoms with Crippen LogP contribution < -0.4 is 5.73 Å². The van der Waals surface area contributed by atoms with Gasteiger partial charge in [0.15, 0.2) is 0 Å². The molecule has 2 rings (SSSR count). The van der Waals surface area contributed by atoms with E-state index in [1.807, 2.05) is 6.20 Å². The smallest absolute Gasteiger partial charge is 0.220 e. The summed E-state index contributed by atoms with van der Waals surface area (Å²) in [6.45, 7) is 2.20. The van der Waals surface area contributed by atoms with E-state index >= 15 is 0 Å². The zero-order valence-electron chi connectivity index (χ0n) is 6.54. The van der Waals surface area contributed by atoms with Gasteiger partial charge in [0.2, 0.25) is 5.95 Å². The quantitative estimate of drug-likeness (QED) is 0.601. The molecule has 3 heteroatoms. The van der Waals surface area contributed by atoms with E-state index in [1.54, 1.807) is 0 Å². The van der Waals surface area contributed by atoms with E-state index in [9.17, 15) is 0 Å². The maximum atomic E-state index is 5.45. The Morgan fingerprint density at radius 3 is 3.27 bits per heavy atom. The minimum atomic E-state index is 0.401. The highest BCUT2D eigenvalue weighted by Crippen LogP contribution is 2.30. The van der Waals surface area contributed by atoms with Crippen LogP contribution in [0.1, 0.15) is 30.5 Å². The molecule has 11 heavy (non-hydrogen) atoms. The number of hydrogen-bond donors (Lipinski definition) is 1. The lowest BCUT2D eigenvalue weighted by Gasteiger charge is -2.01. The average Bonchev–Trinajstić information content (AvgIpc) is 2.32. The van der Waals surface area contributed by atoms with Crippen LogP contribution in [-0.4, -0.2) is 9.97 Å². The molecular weight excluding hydrogens is 138 g/mol. The van der Waals surface area contributed by atoms with Crippen LogP contribution >= 0.6 is 0 Å². The third-order valence-corrected chi connectivity index (χ3v) is 2.26. The first-order valence-corrected chi connectivity index (χ1v) is 3.88. The Balaban J connectivity index is 2.50. The molecular formula is C8H11N3. The van der Waals surface area contributed by atoms with Crippen molar-refractivity contribution < 1.29 is 0 Å². The number of nitrogen functional groups attached to an aromatic ring is 1. The number of nitrogens with two attached hydrogens (primary N) is 1. The van der Waals surface area contributed by atoms with Crippen LogP contribution in [0.15, 0.2) is 6.20 Å². The summed E-state index contributed by atoms with van der Waals surface area (Å²) in [7, 11) is 0. The van der Waals surface area contributed by atoms with Crippen molar-refractivity contribution in [2.75, 3.05) is 5.73 Å². The number of aromatic nitrogens is 2. The SMILES string of the molecule is CC1CCc2nc(N)ncc21. The van der Waals surface area contributed by atoms with E-state index in [1.165, 1.54) is 12.0 Å². The van der Waals surface area contributed by atoms with Gasteiger partial charge >= 0.3 is 0 Å². The summed E-state index contributed by atoms with van der Waals surface area (Å²) in [6, 6.07) is 0. The van der Waals surface area contributed by atoms with E-state index in [0.29, 0.717) is 11.9 Å². The standard InChI is InChI=1S/C8H11N3/c1-5-2-3-7-6(5)4-10-8(9)11-7/h4-5H,2-3H2,1H3,(H2,9,10,11). The molecule has 1 aromatic rings. The first-order chi connectivity index (χ1) is 5.27. The fraction of sp³-hybridized carbons (Fsp3) is 0.500. The van der Waals surface area contributed by atoms with Crippen LogP contribution in [0, 0.1) is 0 Å². The van der Waals surface area contributed by atoms with Gasteiger partial charge < -0.3 is 5.73 Å². The normalized spacial score (nSPS) is 21.7. The first-order valence-electron chi connectivity index (χ1n) is 3.88. The minimum Gasteiger partial charge on any atom is -0.368 e. The Bertz CT molecular complexity index is 283. The zero-order chi connectivity index (χ0) is 7.84. The molecule has 1 aliphatic carbocycles. The van der Waals surface area contributed by atoms with Crippen molar-refractivity contribution in [2.24, 2.45) is 0 Å². The highest BCUT2D eigenvalue weighted by atomic mass is 15.0. The number of aryl methyl sites for hydroxylation is 1. The monoisotopic (exact) mass is 149 g/mol. The molecule has 0 fully saturated rings. The first kappa shape index (κ1) is 6.58. The summed E-state index contributed by atoms with van der Waals surface area (Å²) in [6.07, 6.45) is 4.10. The van der Waals surface area contributed by atoms with Crippen molar-refractivity contribution in [2.45, 2.75) is 25.7 Å². The predicted octanol–water partition coefficient (Wildman–Crippen LogP) is 1.11. The molecule has 1 aromatic heterocycles. The second kappa shape index (κ2) is 2.19. The Morgan fingerprint density at radius 1 is 1.64 bits per heavy atom. The summed E-state index contributed by atoms with van der Waals surface area (Å²) < 4.78 is 0. The van der Waals surface area contributed by atoms with Crippen LogP contribution in [0.2, 0.25) is 0 Å². The minimum absolute atomic E-state index is 0.401. The van der Waals surface area contributed by atoms with Crippen molar-refractivity contribution in [3.05, 3.63) is 17.5 Å². The number of nitrogens with zero attached hydrogens (tertiary/aromatic N) is 2. The molecule has 0 saturated carbocycles. The average molecular weight is 149 g/mol. The van der Waals surface area contributed by atoms with E-state index in [2.05, 4.69) is 16.9 Å². The lowest BCUT2D eigenvalue weighted by atomic mass is 10.1. The summed E-state index contributed by atoms with van der Waals surface area (Å²) in [5.41, 5.74) is 7.87. The van der Waals surface area contributed by atoms with Gasteiger partial charge in [0.05, 0.1) is 0 Å². The van der Waals surface area contributed by atoms with Crippen molar-refractivity contribution in [1.82, 2.24) is 9.97 Å². The largest absolute Gasteiger partial charge is 0.368 e. The zero-order valence-corrected chi connectivity index (χ0v) is 6.54. The lowest BCUT2D eigenvalue weighted by molar-refractivity contribution is 0.745. The van der Waals surface area contributed by atoms with E-state index in [-0.39, 0.29) is 0 Å². The summed E-state index contributed by atoms with van der Waals surface area (Å²) in [5.74, 6) is 1.02.